The van der Waals surface area contributed by atoms with Gasteiger partial charge in [-0.15, -0.1) is 0 Å². The van der Waals surface area contributed by atoms with Gasteiger partial charge in [-0.05, 0) is 36.6 Å². The monoisotopic (exact) mass is 340 g/mol. The number of methoxy groups -OCH3 is 2. The number of anilines is 1. The van der Waals surface area contributed by atoms with Gasteiger partial charge in [0, 0.05) is 31.4 Å². The molecule has 132 valence electrons. The fraction of sp³-hybridized carbons (Fsp3) is 0.350. The van der Waals surface area contributed by atoms with Crippen LogP contribution in [0.15, 0.2) is 48.5 Å². The van der Waals surface area contributed by atoms with Gasteiger partial charge in [0.1, 0.15) is 11.5 Å². The maximum atomic E-state index is 12.4. The number of hydrogen-bond acceptors (Lipinski definition) is 4. The van der Waals surface area contributed by atoms with Crippen LogP contribution >= 0.6 is 0 Å². The fourth-order valence-electron chi connectivity index (χ4n) is 3.21. The Balaban J connectivity index is 1.55. The van der Waals surface area contributed by atoms with Crippen molar-refractivity contribution in [3.8, 4) is 11.5 Å². The first-order valence-corrected chi connectivity index (χ1v) is 8.51. The zero-order valence-corrected chi connectivity index (χ0v) is 14.7. The van der Waals surface area contributed by atoms with Crippen LogP contribution in [0.1, 0.15) is 16.8 Å². The molecule has 3 rings (SSSR count). The molecular formula is C20H24N2O3. The second kappa shape index (κ2) is 7.92. The topological polar surface area (TPSA) is 50.8 Å². The normalized spacial score (nSPS) is 16.6. The number of carbonyl (C=O) groups excluding carboxylic acids is 1. The van der Waals surface area contributed by atoms with Gasteiger partial charge in [-0.25, -0.2) is 0 Å². The highest BCUT2D eigenvalue weighted by molar-refractivity contribution is 5.96. The van der Waals surface area contributed by atoms with Crippen molar-refractivity contribution in [3.05, 3.63) is 54.1 Å². The van der Waals surface area contributed by atoms with Gasteiger partial charge < -0.3 is 19.7 Å². The van der Waals surface area contributed by atoms with Crippen LogP contribution in [-0.4, -0.2) is 39.8 Å². The predicted molar refractivity (Wildman–Crippen MR) is 98.6 cm³/mol. The first-order valence-electron chi connectivity index (χ1n) is 8.51. The van der Waals surface area contributed by atoms with E-state index in [0.29, 0.717) is 23.8 Å². The van der Waals surface area contributed by atoms with Gasteiger partial charge in [0.2, 0.25) is 0 Å². The number of para-hydroxylation sites is 1. The molecule has 1 aliphatic heterocycles. The summed E-state index contributed by atoms with van der Waals surface area (Å²) in [5, 5.41) is 3.04. The van der Waals surface area contributed by atoms with Gasteiger partial charge in [0.15, 0.2) is 0 Å². The number of rotatable bonds is 6. The summed E-state index contributed by atoms with van der Waals surface area (Å²) in [6.07, 6.45) is 1.06. The Bertz CT molecular complexity index is 732. The summed E-state index contributed by atoms with van der Waals surface area (Å²) in [6, 6.07) is 15.4. The highest BCUT2D eigenvalue weighted by Gasteiger charge is 2.24. The SMILES string of the molecule is COc1cccc(N2CC[C@H](CNC(=O)c3ccccc3OC)C2)c1. The Labute approximate surface area is 148 Å². The second-order valence-electron chi connectivity index (χ2n) is 6.21. The summed E-state index contributed by atoms with van der Waals surface area (Å²) >= 11 is 0. The largest absolute Gasteiger partial charge is 0.497 e. The van der Waals surface area contributed by atoms with Gasteiger partial charge in [-0.3, -0.25) is 4.79 Å². The van der Waals surface area contributed by atoms with Crippen molar-refractivity contribution in [1.29, 1.82) is 0 Å². The summed E-state index contributed by atoms with van der Waals surface area (Å²) in [5.74, 6) is 1.82. The van der Waals surface area contributed by atoms with E-state index >= 15 is 0 Å². The van der Waals surface area contributed by atoms with E-state index in [9.17, 15) is 4.79 Å². The molecule has 0 aromatic heterocycles. The van der Waals surface area contributed by atoms with Crippen molar-refractivity contribution in [2.45, 2.75) is 6.42 Å². The molecule has 1 heterocycles. The zero-order valence-electron chi connectivity index (χ0n) is 14.7. The summed E-state index contributed by atoms with van der Waals surface area (Å²) in [6.45, 7) is 2.58. The number of hydrogen-bond donors (Lipinski definition) is 1. The lowest BCUT2D eigenvalue weighted by molar-refractivity contribution is 0.0945. The average Bonchev–Trinajstić information content (AvgIpc) is 3.15. The van der Waals surface area contributed by atoms with Gasteiger partial charge in [-0.2, -0.15) is 0 Å². The summed E-state index contributed by atoms with van der Waals surface area (Å²) < 4.78 is 10.5. The highest BCUT2D eigenvalue weighted by Crippen LogP contribution is 2.26. The summed E-state index contributed by atoms with van der Waals surface area (Å²) in [4.78, 5) is 14.7. The Morgan fingerprint density at radius 2 is 2.00 bits per heavy atom. The van der Waals surface area contributed by atoms with Gasteiger partial charge >= 0.3 is 0 Å². The van der Waals surface area contributed by atoms with E-state index in [1.54, 1.807) is 26.4 Å². The van der Waals surface area contributed by atoms with E-state index in [1.165, 1.54) is 0 Å². The lowest BCUT2D eigenvalue weighted by Crippen LogP contribution is -2.31. The number of benzene rings is 2. The van der Waals surface area contributed by atoms with E-state index in [1.807, 2.05) is 24.3 Å². The highest BCUT2D eigenvalue weighted by atomic mass is 16.5. The molecule has 2 aromatic carbocycles. The molecule has 1 atom stereocenters. The van der Waals surface area contributed by atoms with Gasteiger partial charge in [-0.1, -0.05) is 18.2 Å². The molecule has 1 aliphatic rings. The van der Waals surface area contributed by atoms with Crippen molar-refractivity contribution in [2.24, 2.45) is 5.92 Å². The van der Waals surface area contributed by atoms with Crippen molar-refractivity contribution in [2.75, 3.05) is 38.8 Å². The molecule has 5 heteroatoms. The molecule has 0 aliphatic carbocycles. The zero-order chi connectivity index (χ0) is 17.6. The Kier molecular flexibility index (Phi) is 5.43. The molecule has 1 N–H and O–H groups in total. The minimum absolute atomic E-state index is 0.0859. The Morgan fingerprint density at radius 1 is 1.16 bits per heavy atom. The number of amides is 1. The van der Waals surface area contributed by atoms with Crippen LogP contribution in [0.4, 0.5) is 5.69 Å². The van der Waals surface area contributed by atoms with E-state index in [0.717, 1.165) is 30.9 Å². The Hall–Kier alpha value is -2.69. The number of ether oxygens (including phenoxy) is 2. The maximum Gasteiger partial charge on any atom is 0.255 e. The van der Waals surface area contributed by atoms with Crippen LogP contribution in [0.5, 0.6) is 11.5 Å². The Morgan fingerprint density at radius 3 is 2.80 bits per heavy atom. The quantitative estimate of drug-likeness (QED) is 0.878. The minimum atomic E-state index is -0.0859. The summed E-state index contributed by atoms with van der Waals surface area (Å²) in [5.41, 5.74) is 1.74. The molecule has 25 heavy (non-hydrogen) atoms. The lowest BCUT2D eigenvalue weighted by atomic mass is 10.1. The van der Waals surface area contributed by atoms with Crippen LogP contribution in [-0.2, 0) is 0 Å². The van der Waals surface area contributed by atoms with Crippen LogP contribution < -0.4 is 19.7 Å². The van der Waals surface area contributed by atoms with E-state index < -0.39 is 0 Å². The molecule has 1 fully saturated rings. The molecule has 2 aromatic rings. The first-order chi connectivity index (χ1) is 12.2. The van der Waals surface area contributed by atoms with Crippen LogP contribution in [0.2, 0.25) is 0 Å². The summed E-state index contributed by atoms with van der Waals surface area (Å²) in [7, 11) is 3.26. The van der Waals surface area contributed by atoms with Crippen LogP contribution in [0, 0.1) is 5.92 Å². The van der Waals surface area contributed by atoms with Crippen LogP contribution in [0.25, 0.3) is 0 Å². The van der Waals surface area contributed by atoms with Crippen molar-refractivity contribution >= 4 is 11.6 Å². The van der Waals surface area contributed by atoms with E-state index in [2.05, 4.69) is 22.3 Å². The number of carbonyl (C=O) groups is 1. The second-order valence-corrected chi connectivity index (χ2v) is 6.21. The van der Waals surface area contributed by atoms with E-state index in [-0.39, 0.29) is 5.91 Å². The van der Waals surface area contributed by atoms with Gasteiger partial charge in [0.05, 0.1) is 19.8 Å². The fourth-order valence-corrected chi connectivity index (χ4v) is 3.21. The first kappa shape index (κ1) is 17.1. The minimum Gasteiger partial charge on any atom is -0.497 e. The smallest absolute Gasteiger partial charge is 0.255 e. The molecule has 0 unspecified atom stereocenters. The van der Waals surface area contributed by atoms with Crippen molar-refractivity contribution in [3.63, 3.8) is 0 Å². The molecule has 1 saturated heterocycles. The standard InChI is InChI=1S/C20H24N2O3/c1-24-17-7-5-6-16(12-17)22-11-10-15(14-22)13-21-20(23)18-8-3-4-9-19(18)25-2/h3-9,12,15H,10-11,13-14H2,1-2H3,(H,21,23)/t15-/m1/s1. The third-order valence-corrected chi connectivity index (χ3v) is 4.61. The maximum absolute atomic E-state index is 12.4. The van der Waals surface area contributed by atoms with E-state index in [4.69, 9.17) is 9.47 Å². The lowest BCUT2D eigenvalue weighted by Gasteiger charge is -2.19. The number of nitrogens with one attached hydrogen (secondary N) is 1. The molecule has 5 nitrogen and oxygen atoms in total. The third-order valence-electron chi connectivity index (χ3n) is 4.61. The molecule has 0 spiro atoms. The molecule has 0 saturated carbocycles. The average molecular weight is 340 g/mol. The number of nitrogens with zero attached hydrogens (tertiary/aromatic N) is 1. The molecule has 1 amide bonds. The molecular weight excluding hydrogens is 316 g/mol. The van der Waals surface area contributed by atoms with Crippen molar-refractivity contribution < 1.29 is 14.3 Å². The van der Waals surface area contributed by atoms with Gasteiger partial charge in [0.25, 0.3) is 5.91 Å². The molecule has 0 bridgehead atoms. The van der Waals surface area contributed by atoms with Crippen LogP contribution in [0.3, 0.4) is 0 Å². The predicted octanol–water partition coefficient (Wildman–Crippen LogP) is 2.96. The third kappa shape index (κ3) is 4.05. The van der Waals surface area contributed by atoms with Crippen molar-refractivity contribution in [1.82, 2.24) is 5.32 Å². The molecule has 0 radical (unpaired) electrons.